The molecule has 1 fully saturated rings. The van der Waals surface area contributed by atoms with Crippen LogP contribution in [0.2, 0.25) is 0 Å². The molecule has 1 heterocycles. The summed E-state index contributed by atoms with van der Waals surface area (Å²) in [5, 5.41) is 0. The number of benzene rings is 1. The Labute approximate surface area is 149 Å². The number of rotatable bonds is 5. The van der Waals surface area contributed by atoms with Gasteiger partial charge in [0, 0.05) is 30.8 Å². The molecular formula is C17H26N2O5S. The van der Waals surface area contributed by atoms with Crippen molar-refractivity contribution in [1.82, 2.24) is 9.21 Å². The average Bonchev–Trinajstić information content (AvgIpc) is 2.52. The van der Waals surface area contributed by atoms with Crippen molar-refractivity contribution >= 4 is 15.9 Å². The van der Waals surface area contributed by atoms with E-state index in [2.05, 4.69) is 0 Å². The van der Waals surface area contributed by atoms with E-state index in [0.29, 0.717) is 11.5 Å². The molecule has 0 aromatic heterocycles. The van der Waals surface area contributed by atoms with Crippen molar-refractivity contribution in [2.75, 3.05) is 27.3 Å². The Morgan fingerprint density at radius 1 is 1.08 bits per heavy atom. The van der Waals surface area contributed by atoms with Crippen molar-refractivity contribution in [2.24, 2.45) is 0 Å². The second-order valence-electron chi connectivity index (χ2n) is 6.99. The lowest BCUT2D eigenvalue weighted by Gasteiger charge is -2.48. The van der Waals surface area contributed by atoms with Crippen LogP contribution in [-0.2, 0) is 14.8 Å². The van der Waals surface area contributed by atoms with Gasteiger partial charge in [-0.1, -0.05) is 0 Å². The van der Waals surface area contributed by atoms with Gasteiger partial charge in [-0.3, -0.25) is 4.79 Å². The third-order valence-electron chi connectivity index (χ3n) is 4.27. The first-order valence-corrected chi connectivity index (χ1v) is 9.52. The van der Waals surface area contributed by atoms with Crippen molar-refractivity contribution in [2.45, 2.75) is 44.2 Å². The highest BCUT2D eigenvalue weighted by Gasteiger charge is 2.44. The molecule has 8 heteroatoms. The van der Waals surface area contributed by atoms with Crippen LogP contribution >= 0.6 is 0 Å². The summed E-state index contributed by atoms with van der Waals surface area (Å²) in [4.78, 5) is 14.3. The van der Waals surface area contributed by atoms with Crippen LogP contribution in [0.4, 0.5) is 0 Å². The van der Waals surface area contributed by atoms with Gasteiger partial charge in [-0.05, 0) is 27.7 Å². The minimum atomic E-state index is -3.85. The molecule has 1 aromatic rings. The summed E-state index contributed by atoms with van der Waals surface area (Å²) in [6.45, 7) is 7.65. The fourth-order valence-electron chi connectivity index (χ4n) is 3.36. The van der Waals surface area contributed by atoms with Gasteiger partial charge < -0.3 is 14.4 Å². The van der Waals surface area contributed by atoms with Gasteiger partial charge >= 0.3 is 0 Å². The van der Waals surface area contributed by atoms with Gasteiger partial charge in [0.2, 0.25) is 15.9 Å². The first kappa shape index (κ1) is 19.5. The summed E-state index contributed by atoms with van der Waals surface area (Å²) in [7, 11) is -0.939. The van der Waals surface area contributed by atoms with Crippen LogP contribution in [0.25, 0.3) is 0 Å². The standard InChI is InChI=1S/C17H26N2O5S/c1-12(2)19-16(20)10-18(11-17(19,3)4)25(21,22)15-8-13(23-5)7-14(9-15)24-6/h7-9,12H,10-11H2,1-6H3. The van der Waals surface area contributed by atoms with E-state index >= 15 is 0 Å². The largest absolute Gasteiger partial charge is 0.497 e. The molecule has 1 aliphatic heterocycles. The number of amides is 1. The third-order valence-corrected chi connectivity index (χ3v) is 6.04. The monoisotopic (exact) mass is 370 g/mol. The topological polar surface area (TPSA) is 76.1 Å². The van der Waals surface area contributed by atoms with Gasteiger partial charge in [-0.15, -0.1) is 0 Å². The van der Waals surface area contributed by atoms with Crippen molar-refractivity contribution in [1.29, 1.82) is 0 Å². The van der Waals surface area contributed by atoms with Gasteiger partial charge in [0.25, 0.3) is 0 Å². The first-order valence-electron chi connectivity index (χ1n) is 8.08. The van der Waals surface area contributed by atoms with Gasteiger partial charge in [0.15, 0.2) is 0 Å². The Bertz CT molecular complexity index is 736. The van der Waals surface area contributed by atoms with E-state index in [0.717, 1.165) is 0 Å². The Morgan fingerprint density at radius 2 is 1.60 bits per heavy atom. The molecule has 0 unspecified atom stereocenters. The molecular weight excluding hydrogens is 344 g/mol. The van der Waals surface area contributed by atoms with Crippen LogP contribution in [0.3, 0.4) is 0 Å². The highest BCUT2D eigenvalue weighted by molar-refractivity contribution is 7.89. The Balaban J connectivity index is 2.43. The van der Waals surface area contributed by atoms with E-state index in [1.54, 1.807) is 11.0 Å². The average molecular weight is 370 g/mol. The quantitative estimate of drug-likeness (QED) is 0.789. The van der Waals surface area contributed by atoms with Crippen molar-refractivity contribution in [3.8, 4) is 11.5 Å². The second-order valence-corrected chi connectivity index (χ2v) is 8.93. The number of hydrogen-bond acceptors (Lipinski definition) is 5. The van der Waals surface area contributed by atoms with E-state index in [4.69, 9.17) is 9.47 Å². The van der Waals surface area contributed by atoms with E-state index in [9.17, 15) is 13.2 Å². The molecule has 7 nitrogen and oxygen atoms in total. The van der Waals surface area contributed by atoms with Crippen LogP contribution < -0.4 is 9.47 Å². The van der Waals surface area contributed by atoms with E-state index in [-0.39, 0.29) is 29.9 Å². The highest BCUT2D eigenvalue weighted by atomic mass is 32.2. The lowest BCUT2D eigenvalue weighted by atomic mass is 9.98. The molecule has 140 valence electrons. The normalized spacial score (nSPS) is 18.5. The van der Waals surface area contributed by atoms with Crippen LogP contribution in [0.1, 0.15) is 27.7 Å². The highest BCUT2D eigenvalue weighted by Crippen LogP contribution is 2.31. The maximum atomic E-state index is 13.1. The number of nitrogens with zero attached hydrogens (tertiary/aromatic N) is 2. The summed E-state index contributed by atoms with van der Waals surface area (Å²) in [5.74, 6) is 0.554. The summed E-state index contributed by atoms with van der Waals surface area (Å²) >= 11 is 0. The molecule has 25 heavy (non-hydrogen) atoms. The molecule has 0 saturated carbocycles. The minimum absolute atomic E-state index is 0.00395. The van der Waals surface area contributed by atoms with Crippen molar-refractivity contribution < 1.29 is 22.7 Å². The Kier molecular flexibility index (Phi) is 5.34. The number of carbonyl (C=O) groups excluding carboxylic acids is 1. The summed E-state index contributed by atoms with van der Waals surface area (Å²) in [5.41, 5.74) is -0.598. The van der Waals surface area contributed by atoms with Crippen molar-refractivity contribution in [3.05, 3.63) is 18.2 Å². The summed E-state index contributed by atoms with van der Waals surface area (Å²) < 4.78 is 37.7. The molecule has 0 radical (unpaired) electrons. The minimum Gasteiger partial charge on any atom is -0.497 e. The third kappa shape index (κ3) is 3.74. The number of carbonyl (C=O) groups is 1. The molecule has 2 rings (SSSR count). The Morgan fingerprint density at radius 3 is 2.00 bits per heavy atom. The Hall–Kier alpha value is -1.80. The smallest absolute Gasteiger partial charge is 0.243 e. The lowest BCUT2D eigenvalue weighted by Crippen LogP contribution is -2.64. The van der Waals surface area contributed by atoms with Crippen LogP contribution in [0, 0.1) is 0 Å². The lowest BCUT2D eigenvalue weighted by molar-refractivity contribution is -0.144. The molecule has 0 aliphatic carbocycles. The maximum absolute atomic E-state index is 13.1. The van der Waals surface area contributed by atoms with Crippen molar-refractivity contribution in [3.63, 3.8) is 0 Å². The number of hydrogen-bond donors (Lipinski definition) is 0. The molecule has 0 N–H and O–H groups in total. The molecule has 1 aromatic carbocycles. The predicted octanol–water partition coefficient (Wildman–Crippen LogP) is 1.72. The van der Waals surface area contributed by atoms with Gasteiger partial charge in [-0.2, -0.15) is 4.31 Å². The number of ether oxygens (including phenoxy) is 2. The number of methoxy groups -OCH3 is 2. The molecule has 0 atom stereocenters. The zero-order valence-corrected chi connectivity index (χ0v) is 16.4. The maximum Gasteiger partial charge on any atom is 0.243 e. The van der Waals surface area contributed by atoms with E-state index < -0.39 is 15.6 Å². The summed E-state index contributed by atoms with van der Waals surface area (Å²) in [6.07, 6.45) is 0. The SMILES string of the molecule is COc1cc(OC)cc(S(=O)(=O)N2CC(=O)N(C(C)C)C(C)(C)C2)c1. The molecule has 0 bridgehead atoms. The number of piperazine rings is 1. The van der Waals surface area contributed by atoms with Gasteiger partial charge in [0.05, 0.1) is 31.2 Å². The summed E-state index contributed by atoms with van der Waals surface area (Å²) in [6, 6.07) is 4.48. The molecule has 0 spiro atoms. The van der Waals surface area contributed by atoms with Crippen LogP contribution in [-0.4, -0.2) is 62.4 Å². The number of sulfonamides is 1. The van der Waals surface area contributed by atoms with Gasteiger partial charge in [0.1, 0.15) is 11.5 Å². The second kappa shape index (κ2) is 6.84. The van der Waals surface area contributed by atoms with E-state index in [1.807, 2.05) is 27.7 Å². The van der Waals surface area contributed by atoms with Crippen LogP contribution in [0.5, 0.6) is 11.5 Å². The fourth-order valence-corrected chi connectivity index (χ4v) is 4.96. The molecule has 1 saturated heterocycles. The fraction of sp³-hybridized carbons (Fsp3) is 0.588. The van der Waals surface area contributed by atoms with E-state index in [1.165, 1.54) is 30.7 Å². The zero-order valence-electron chi connectivity index (χ0n) is 15.6. The predicted molar refractivity (Wildman–Crippen MR) is 94.4 cm³/mol. The molecule has 1 aliphatic rings. The zero-order chi connectivity index (χ0) is 19.0. The first-order chi connectivity index (χ1) is 11.5. The van der Waals surface area contributed by atoms with Crippen LogP contribution in [0.15, 0.2) is 23.1 Å². The van der Waals surface area contributed by atoms with Gasteiger partial charge in [-0.25, -0.2) is 8.42 Å². The molecule has 1 amide bonds.